The minimum atomic E-state index is -0.785. The van der Waals surface area contributed by atoms with E-state index in [2.05, 4.69) is 15.7 Å². The first-order chi connectivity index (χ1) is 14.0. The summed E-state index contributed by atoms with van der Waals surface area (Å²) in [7, 11) is 0. The van der Waals surface area contributed by atoms with Crippen molar-refractivity contribution in [1.82, 2.24) is 20.4 Å². The standard InChI is InChI=1S/C19H20N4O6/c1-3-23-16(24)12-8-6-5-7-11(12)15(22-23)18(26)29-10-14-13(17(25)28-4-2)9-20-19(27)21-14/h5-8H,3-4,9-10H2,1-2H3,(H2,20,21,27). The lowest BCUT2D eigenvalue weighted by atomic mass is 10.1. The Balaban J connectivity index is 1.90. The van der Waals surface area contributed by atoms with Gasteiger partial charge in [-0.3, -0.25) is 4.79 Å². The number of aromatic nitrogens is 2. The van der Waals surface area contributed by atoms with Crippen molar-refractivity contribution in [3.8, 4) is 0 Å². The van der Waals surface area contributed by atoms with Crippen LogP contribution in [0.2, 0.25) is 0 Å². The first-order valence-corrected chi connectivity index (χ1v) is 9.07. The molecule has 2 heterocycles. The summed E-state index contributed by atoms with van der Waals surface area (Å²) >= 11 is 0. The molecule has 0 saturated carbocycles. The molecule has 0 bridgehead atoms. The highest BCUT2D eigenvalue weighted by atomic mass is 16.5. The van der Waals surface area contributed by atoms with Crippen LogP contribution in [0.5, 0.6) is 0 Å². The molecule has 10 heteroatoms. The smallest absolute Gasteiger partial charge is 0.359 e. The molecule has 0 fully saturated rings. The molecule has 10 nitrogen and oxygen atoms in total. The van der Waals surface area contributed by atoms with Crippen LogP contribution in [0.3, 0.4) is 0 Å². The Labute approximate surface area is 165 Å². The van der Waals surface area contributed by atoms with Gasteiger partial charge in [-0.15, -0.1) is 0 Å². The second-order valence-corrected chi connectivity index (χ2v) is 6.08. The Kier molecular flexibility index (Phi) is 5.91. The topological polar surface area (TPSA) is 129 Å². The molecule has 1 aliphatic heterocycles. The van der Waals surface area contributed by atoms with Crippen molar-refractivity contribution in [1.29, 1.82) is 0 Å². The highest BCUT2D eigenvalue weighted by Gasteiger charge is 2.25. The molecule has 0 unspecified atom stereocenters. The van der Waals surface area contributed by atoms with Gasteiger partial charge in [-0.05, 0) is 19.9 Å². The van der Waals surface area contributed by atoms with Crippen LogP contribution in [0.25, 0.3) is 10.8 Å². The lowest BCUT2D eigenvalue weighted by Gasteiger charge is -2.21. The molecule has 2 N–H and O–H groups in total. The van der Waals surface area contributed by atoms with E-state index in [4.69, 9.17) is 9.47 Å². The van der Waals surface area contributed by atoms with Crippen molar-refractivity contribution >= 4 is 28.7 Å². The predicted octanol–water partition coefficient (Wildman–Crippen LogP) is 0.703. The molecule has 0 saturated heterocycles. The molecule has 3 rings (SSSR count). The average molecular weight is 400 g/mol. The molecule has 152 valence electrons. The summed E-state index contributed by atoms with van der Waals surface area (Å²) < 4.78 is 11.4. The zero-order valence-electron chi connectivity index (χ0n) is 16.0. The quantitative estimate of drug-likeness (QED) is 0.683. The third-order valence-electron chi connectivity index (χ3n) is 4.28. The zero-order chi connectivity index (χ0) is 21.0. The Morgan fingerprint density at radius 3 is 2.52 bits per heavy atom. The van der Waals surface area contributed by atoms with Gasteiger partial charge in [-0.25, -0.2) is 19.1 Å². The minimum Gasteiger partial charge on any atom is -0.463 e. The molecule has 29 heavy (non-hydrogen) atoms. The number of carbonyl (C=O) groups is 3. The molecule has 1 aromatic heterocycles. The zero-order valence-corrected chi connectivity index (χ0v) is 16.0. The number of carbonyl (C=O) groups excluding carboxylic acids is 3. The number of aryl methyl sites for hydroxylation is 1. The molecular weight excluding hydrogens is 380 g/mol. The van der Waals surface area contributed by atoms with E-state index in [9.17, 15) is 19.2 Å². The summed E-state index contributed by atoms with van der Waals surface area (Å²) in [6.45, 7) is 3.44. The van der Waals surface area contributed by atoms with Crippen LogP contribution in [0, 0.1) is 0 Å². The van der Waals surface area contributed by atoms with Crippen LogP contribution in [0.15, 0.2) is 40.3 Å². The van der Waals surface area contributed by atoms with Gasteiger partial charge < -0.3 is 20.1 Å². The van der Waals surface area contributed by atoms with E-state index in [1.54, 1.807) is 38.1 Å². The summed E-state index contributed by atoms with van der Waals surface area (Å²) in [5.74, 6) is -1.40. The van der Waals surface area contributed by atoms with Gasteiger partial charge in [-0.1, -0.05) is 18.2 Å². The van der Waals surface area contributed by atoms with Crippen LogP contribution in [-0.4, -0.2) is 47.5 Å². The third kappa shape index (κ3) is 4.10. The second kappa shape index (κ2) is 8.55. The number of esters is 2. The number of benzene rings is 1. The van der Waals surface area contributed by atoms with E-state index in [1.807, 2.05) is 0 Å². The van der Waals surface area contributed by atoms with Crippen LogP contribution in [0.1, 0.15) is 24.3 Å². The van der Waals surface area contributed by atoms with Crippen LogP contribution in [0.4, 0.5) is 4.79 Å². The van der Waals surface area contributed by atoms with Crippen molar-refractivity contribution < 1.29 is 23.9 Å². The van der Waals surface area contributed by atoms with Crippen LogP contribution < -0.4 is 16.2 Å². The Morgan fingerprint density at radius 2 is 1.83 bits per heavy atom. The molecule has 0 atom stereocenters. The summed E-state index contributed by atoms with van der Waals surface area (Å²) in [5, 5.41) is 9.73. The normalized spacial score (nSPS) is 13.7. The number of rotatable bonds is 6. The summed E-state index contributed by atoms with van der Waals surface area (Å²) in [4.78, 5) is 48.8. The fourth-order valence-electron chi connectivity index (χ4n) is 2.88. The van der Waals surface area contributed by atoms with Crippen molar-refractivity contribution in [2.45, 2.75) is 20.4 Å². The predicted molar refractivity (Wildman–Crippen MR) is 102 cm³/mol. The Bertz CT molecular complexity index is 1070. The van der Waals surface area contributed by atoms with Crippen molar-refractivity contribution in [2.24, 2.45) is 0 Å². The van der Waals surface area contributed by atoms with E-state index >= 15 is 0 Å². The number of fused-ring (bicyclic) bond motifs is 1. The van der Waals surface area contributed by atoms with Gasteiger partial charge in [0.2, 0.25) is 0 Å². The number of urea groups is 1. The van der Waals surface area contributed by atoms with Crippen molar-refractivity contribution in [3.05, 3.63) is 51.6 Å². The lowest BCUT2D eigenvalue weighted by Crippen LogP contribution is -2.45. The average Bonchev–Trinajstić information content (AvgIpc) is 2.72. The number of hydrogen-bond donors (Lipinski definition) is 2. The van der Waals surface area contributed by atoms with Gasteiger partial charge in [-0.2, -0.15) is 5.10 Å². The molecule has 2 aromatic rings. The van der Waals surface area contributed by atoms with E-state index in [0.29, 0.717) is 10.8 Å². The van der Waals surface area contributed by atoms with Gasteiger partial charge in [0.1, 0.15) is 6.61 Å². The summed E-state index contributed by atoms with van der Waals surface area (Å²) in [6.07, 6.45) is 0. The first-order valence-electron chi connectivity index (χ1n) is 9.07. The fourth-order valence-corrected chi connectivity index (χ4v) is 2.88. The van der Waals surface area contributed by atoms with Gasteiger partial charge in [0.25, 0.3) is 5.56 Å². The minimum absolute atomic E-state index is 0.0272. The lowest BCUT2D eigenvalue weighted by molar-refractivity contribution is -0.138. The van der Waals surface area contributed by atoms with E-state index < -0.39 is 18.0 Å². The monoisotopic (exact) mass is 400 g/mol. The number of amides is 2. The molecule has 0 spiro atoms. The number of hydrogen-bond acceptors (Lipinski definition) is 7. The van der Waals surface area contributed by atoms with E-state index in [-0.39, 0.29) is 48.8 Å². The van der Waals surface area contributed by atoms with E-state index in [0.717, 1.165) is 0 Å². The molecule has 0 aliphatic carbocycles. The Hall–Kier alpha value is -3.69. The number of ether oxygens (including phenoxy) is 2. The molecule has 2 amide bonds. The van der Waals surface area contributed by atoms with Gasteiger partial charge in [0.15, 0.2) is 5.69 Å². The van der Waals surface area contributed by atoms with Gasteiger partial charge >= 0.3 is 18.0 Å². The van der Waals surface area contributed by atoms with E-state index in [1.165, 1.54) is 4.68 Å². The summed E-state index contributed by atoms with van der Waals surface area (Å²) in [6, 6.07) is 6.07. The highest BCUT2D eigenvalue weighted by Crippen LogP contribution is 2.15. The SMILES string of the molecule is CCOC(=O)C1=C(COC(=O)c2nn(CC)c(=O)c3ccccc23)NC(=O)NC1. The van der Waals surface area contributed by atoms with Gasteiger partial charge in [0.05, 0.1) is 29.8 Å². The van der Waals surface area contributed by atoms with Gasteiger partial charge in [0, 0.05) is 11.9 Å². The van der Waals surface area contributed by atoms with Crippen LogP contribution >= 0.6 is 0 Å². The molecule has 0 radical (unpaired) electrons. The summed E-state index contributed by atoms with van der Waals surface area (Å²) in [5.41, 5.74) is -0.0394. The van der Waals surface area contributed by atoms with Crippen molar-refractivity contribution in [3.63, 3.8) is 0 Å². The number of nitrogens with one attached hydrogen (secondary N) is 2. The largest absolute Gasteiger partial charge is 0.463 e. The maximum atomic E-state index is 12.7. The van der Waals surface area contributed by atoms with Crippen LogP contribution in [-0.2, 0) is 20.8 Å². The number of nitrogens with zero attached hydrogens (tertiary/aromatic N) is 2. The third-order valence-corrected chi connectivity index (χ3v) is 4.28. The molecule has 1 aliphatic rings. The maximum absolute atomic E-state index is 12.7. The fraction of sp³-hybridized carbons (Fsp3) is 0.316. The first kappa shape index (κ1) is 20.1. The molecular formula is C19H20N4O6. The van der Waals surface area contributed by atoms with Crippen molar-refractivity contribution in [2.75, 3.05) is 19.8 Å². The molecule has 1 aromatic carbocycles. The Morgan fingerprint density at radius 1 is 1.10 bits per heavy atom. The second-order valence-electron chi connectivity index (χ2n) is 6.08. The highest BCUT2D eigenvalue weighted by molar-refractivity contribution is 6.02. The maximum Gasteiger partial charge on any atom is 0.359 e.